The average molecular weight is 538 g/mol. The third kappa shape index (κ3) is 5.29. The highest BCUT2D eigenvalue weighted by atomic mass is 16.5. The van der Waals surface area contributed by atoms with Crippen molar-refractivity contribution in [3.63, 3.8) is 0 Å². The van der Waals surface area contributed by atoms with Gasteiger partial charge >= 0.3 is 0 Å². The molecule has 4 rings (SSSR count). The average Bonchev–Trinajstić information content (AvgIpc) is 3.49. The van der Waals surface area contributed by atoms with E-state index in [1.807, 2.05) is 37.3 Å². The van der Waals surface area contributed by atoms with Crippen LogP contribution in [0.25, 0.3) is 0 Å². The topological polar surface area (TPSA) is 90.4 Å². The summed E-state index contributed by atoms with van der Waals surface area (Å²) in [6.07, 6.45) is 7.66. The first-order valence-corrected chi connectivity index (χ1v) is 14.1. The van der Waals surface area contributed by atoms with Crippen LogP contribution in [0.15, 0.2) is 55.6 Å². The fourth-order valence-electron chi connectivity index (χ4n) is 6.96. The number of unbranched alkanes of at least 4 members (excludes halogenated alkanes) is 3. The van der Waals surface area contributed by atoms with Crippen LogP contribution in [-0.2, 0) is 25.7 Å². The molecule has 8 heteroatoms. The molecule has 1 aromatic rings. The largest absolute Gasteiger partial charge is 0.396 e. The van der Waals surface area contributed by atoms with E-state index in [9.17, 15) is 14.4 Å². The van der Waals surface area contributed by atoms with E-state index < -0.39 is 29.1 Å². The van der Waals surface area contributed by atoms with Crippen LogP contribution in [0.1, 0.15) is 51.0 Å². The van der Waals surface area contributed by atoms with E-state index in [-0.39, 0.29) is 24.3 Å². The van der Waals surface area contributed by atoms with Crippen molar-refractivity contribution in [1.29, 1.82) is 0 Å². The van der Waals surface area contributed by atoms with Crippen LogP contribution in [0.2, 0.25) is 0 Å². The predicted octanol–water partition coefficient (Wildman–Crippen LogP) is 3.16. The Morgan fingerprint density at radius 1 is 1.08 bits per heavy atom. The number of nitrogens with zero attached hydrogens (tertiary/aromatic N) is 3. The lowest BCUT2D eigenvalue weighted by atomic mass is 9.66. The van der Waals surface area contributed by atoms with Gasteiger partial charge in [-0.25, -0.2) is 0 Å². The van der Waals surface area contributed by atoms with Gasteiger partial charge in [0.1, 0.15) is 11.6 Å². The first-order valence-electron chi connectivity index (χ1n) is 14.1. The molecule has 1 N–H and O–H groups in total. The lowest BCUT2D eigenvalue weighted by Gasteiger charge is -2.37. The van der Waals surface area contributed by atoms with E-state index in [1.165, 1.54) is 0 Å². The molecule has 3 aliphatic rings. The maximum Gasteiger partial charge on any atom is 0.248 e. The summed E-state index contributed by atoms with van der Waals surface area (Å²) in [6.45, 7) is 11.2. The second-order valence-corrected chi connectivity index (χ2v) is 11.4. The van der Waals surface area contributed by atoms with Gasteiger partial charge in [0.05, 0.1) is 17.4 Å². The summed E-state index contributed by atoms with van der Waals surface area (Å²) in [5.74, 6) is -1.82. The number of likely N-dealkylation sites (tertiary alicyclic amines) is 1. The number of hydrogen-bond donors (Lipinski definition) is 1. The third-order valence-electron chi connectivity index (χ3n) is 8.74. The number of fused-ring (bicyclic) bond motifs is 1. The normalized spacial score (nSPS) is 28.8. The molecule has 1 spiro atoms. The first-order chi connectivity index (χ1) is 18.7. The SMILES string of the molecule is C=CCN(C)C(=O)[C@@H]1[C@H]2C(=O)N(CCCCCCO)C(C(=O)N(CC=C)Cc3ccccc3)C23CC[C@@]1(C)O3. The Kier molecular flexibility index (Phi) is 8.96. The van der Waals surface area contributed by atoms with E-state index in [1.54, 1.807) is 33.9 Å². The van der Waals surface area contributed by atoms with Gasteiger partial charge in [-0.2, -0.15) is 0 Å². The van der Waals surface area contributed by atoms with Gasteiger partial charge in [0.15, 0.2) is 0 Å². The van der Waals surface area contributed by atoms with Crippen molar-refractivity contribution in [2.45, 2.75) is 69.2 Å². The molecule has 1 aromatic carbocycles. The Balaban J connectivity index is 1.70. The molecule has 212 valence electrons. The van der Waals surface area contributed by atoms with Gasteiger partial charge in [0, 0.05) is 39.8 Å². The van der Waals surface area contributed by atoms with Crippen molar-refractivity contribution in [1.82, 2.24) is 14.7 Å². The van der Waals surface area contributed by atoms with Crippen LogP contribution in [0.3, 0.4) is 0 Å². The molecule has 0 saturated carbocycles. The number of hydrogen-bond acceptors (Lipinski definition) is 5. The Morgan fingerprint density at radius 2 is 1.77 bits per heavy atom. The fourth-order valence-corrected chi connectivity index (χ4v) is 6.96. The number of carbonyl (C=O) groups excluding carboxylic acids is 3. The number of amides is 3. The summed E-state index contributed by atoms with van der Waals surface area (Å²) in [5, 5.41) is 9.15. The molecule has 3 amide bonds. The highest BCUT2D eigenvalue weighted by Crippen LogP contribution is 2.63. The zero-order chi connectivity index (χ0) is 28.2. The van der Waals surface area contributed by atoms with Crippen LogP contribution < -0.4 is 0 Å². The van der Waals surface area contributed by atoms with Crippen molar-refractivity contribution in [2.75, 3.05) is 33.3 Å². The zero-order valence-electron chi connectivity index (χ0n) is 23.4. The highest BCUT2D eigenvalue weighted by Gasteiger charge is 2.78. The van der Waals surface area contributed by atoms with Gasteiger partial charge in [-0.05, 0) is 38.2 Å². The van der Waals surface area contributed by atoms with Crippen molar-refractivity contribution in [2.24, 2.45) is 11.8 Å². The van der Waals surface area contributed by atoms with E-state index >= 15 is 0 Å². The second kappa shape index (κ2) is 12.0. The Morgan fingerprint density at radius 3 is 2.44 bits per heavy atom. The number of carbonyl (C=O) groups is 3. The molecule has 3 fully saturated rings. The molecule has 2 bridgehead atoms. The van der Waals surface area contributed by atoms with Gasteiger partial charge in [0.25, 0.3) is 0 Å². The molecule has 39 heavy (non-hydrogen) atoms. The van der Waals surface area contributed by atoms with Crippen LogP contribution in [0.4, 0.5) is 0 Å². The number of likely N-dealkylation sites (N-methyl/N-ethyl adjacent to an activating group) is 1. The Labute approximate surface area is 232 Å². The van der Waals surface area contributed by atoms with Crippen LogP contribution in [0.5, 0.6) is 0 Å². The minimum atomic E-state index is -1.04. The summed E-state index contributed by atoms with van der Waals surface area (Å²) >= 11 is 0. The first kappa shape index (κ1) is 29.0. The van der Waals surface area contributed by atoms with Gasteiger partial charge in [-0.15, -0.1) is 13.2 Å². The molecule has 0 aliphatic carbocycles. The van der Waals surface area contributed by atoms with E-state index in [0.717, 1.165) is 18.4 Å². The molecule has 5 atom stereocenters. The van der Waals surface area contributed by atoms with Gasteiger partial charge in [-0.1, -0.05) is 55.3 Å². The Hall–Kier alpha value is -2.97. The van der Waals surface area contributed by atoms with Crippen molar-refractivity contribution in [3.05, 3.63) is 61.2 Å². The summed E-state index contributed by atoms with van der Waals surface area (Å²) in [4.78, 5) is 47.4. The van der Waals surface area contributed by atoms with Gasteiger partial charge in [-0.3, -0.25) is 14.4 Å². The molecule has 2 unspecified atom stereocenters. The minimum Gasteiger partial charge on any atom is -0.396 e. The van der Waals surface area contributed by atoms with Gasteiger partial charge in [0.2, 0.25) is 17.7 Å². The molecule has 3 aliphatic heterocycles. The molecule has 3 saturated heterocycles. The minimum absolute atomic E-state index is 0.138. The van der Waals surface area contributed by atoms with Crippen molar-refractivity contribution >= 4 is 17.7 Å². The van der Waals surface area contributed by atoms with E-state index in [2.05, 4.69) is 13.2 Å². The van der Waals surface area contributed by atoms with Crippen LogP contribution >= 0.6 is 0 Å². The molecular formula is C31H43N3O5. The quantitative estimate of drug-likeness (QED) is 0.291. The number of rotatable bonds is 14. The summed E-state index contributed by atoms with van der Waals surface area (Å²) in [6, 6.07) is 8.97. The van der Waals surface area contributed by atoms with E-state index in [4.69, 9.17) is 9.84 Å². The molecule has 0 radical (unpaired) electrons. The van der Waals surface area contributed by atoms with Gasteiger partial charge < -0.3 is 24.5 Å². The third-order valence-corrected chi connectivity index (χ3v) is 8.74. The highest BCUT2D eigenvalue weighted by molar-refractivity contribution is 5.99. The predicted molar refractivity (Wildman–Crippen MR) is 149 cm³/mol. The standard InChI is InChI=1S/C31H43N3O5/c1-5-18-32(4)27(36)24-25-28(37)34(20-12-7-8-13-21-35)26(31(25)17-16-30(24,3)39-31)29(38)33(19-6-2)22-23-14-10-9-11-15-23/h5-6,9-11,14-15,24-26,35H,1-2,7-8,12-13,16-22H2,3-4H3/t24-,25-,26?,30+,31?/m0/s1. The molecule has 3 heterocycles. The smallest absolute Gasteiger partial charge is 0.248 e. The number of benzene rings is 1. The van der Waals surface area contributed by atoms with Crippen LogP contribution in [0, 0.1) is 11.8 Å². The van der Waals surface area contributed by atoms with Crippen molar-refractivity contribution < 1.29 is 24.2 Å². The number of aliphatic hydroxyl groups is 1. The number of ether oxygens (including phenoxy) is 1. The Bertz CT molecular complexity index is 1080. The maximum atomic E-state index is 14.4. The monoisotopic (exact) mass is 537 g/mol. The second-order valence-electron chi connectivity index (χ2n) is 11.4. The summed E-state index contributed by atoms with van der Waals surface area (Å²) in [7, 11) is 1.72. The lowest BCUT2D eigenvalue weighted by molar-refractivity contribution is -0.153. The zero-order valence-corrected chi connectivity index (χ0v) is 23.4. The number of aliphatic hydroxyl groups excluding tert-OH is 1. The summed E-state index contributed by atoms with van der Waals surface area (Å²) < 4.78 is 6.75. The summed E-state index contributed by atoms with van der Waals surface area (Å²) in [5.41, 5.74) is -0.856. The van der Waals surface area contributed by atoms with Crippen molar-refractivity contribution in [3.8, 4) is 0 Å². The lowest BCUT2D eigenvalue weighted by Crippen LogP contribution is -2.56. The van der Waals surface area contributed by atoms with E-state index in [0.29, 0.717) is 51.9 Å². The molecule has 8 nitrogen and oxygen atoms in total. The maximum absolute atomic E-state index is 14.4. The van der Waals surface area contributed by atoms with Crippen LogP contribution in [-0.4, -0.2) is 88.1 Å². The molecule has 0 aromatic heterocycles. The molecular weight excluding hydrogens is 494 g/mol. The fraction of sp³-hybridized carbons (Fsp3) is 0.581.